The Balaban J connectivity index is 0.00000169. The van der Waals surface area contributed by atoms with Gasteiger partial charge in [-0.15, -0.1) is 0 Å². The van der Waals surface area contributed by atoms with Gasteiger partial charge >= 0.3 is 7.60 Å². The van der Waals surface area contributed by atoms with Crippen molar-refractivity contribution in [3.05, 3.63) is 29.8 Å². The molecule has 1 atom stereocenters. The third-order valence-electron chi connectivity index (χ3n) is 1.61. The number of rotatable bonds is 3. The highest BCUT2D eigenvalue weighted by Crippen LogP contribution is 2.37. The fourth-order valence-electron chi connectivity index (χ4n) is 0.982. The van der Waals surface area contributed by atoms with Gasteiger partial charge in [0, 0.05) is 6.66 Å². The molecule has 1 unspecified atom stereocenters. The fraction of sp³-hybridized carbons (Fsp3) is 0.333. The van der Waals surface area contributed by atoms with Gasteiger partial charge in [0.15, 0.2) is 0 Å². The molecule has 0 aromatic heterocycles. The topological polar surface area (TPSA) is 81.5 Å². The van der Waals surface area contributed by atoms with Crippen molar-refractivity contribution in [2.45, 2.75) is 13.3 Å². The van der Waals surface area contributed by atoms with Gasteiger partial charge in [-0.3, -0.25) is 0 Å². The van der Waals surface area contributed by atoms with Crippen LogP contribution in [0.5, 0.6) is 5.75 Å². The molecule has 0 heterocycles. The first-order chi connectivity index (χ1) is 6.01. The molecule has 0 radical (unpaired) electrons. The molecule has 5 heteroatoms. The highest BCUT2D eigenvalue weighted by molar-refractivity contribution is 7.52. The Morgan fingerprint density at radius 3 is 2.21 bits per heavy atom. The summed E-state index contributed by atoms with van der Waals surface area (Å²) < 4.78 is 15.7. The first-order valence-electron chi connectivity index (χ1n) is 4.10. The Bertz CT molecular complexity index is 317. The van der Waals surface area contributed by atoms with E-state index in [0.29, 0.717) is 5.75 Å². The summed E-state index contributed by atoms with van der Waals surface area (Å²) in [6.07, 6.45) is 0.948. The Morgan fingerprint density at radius 1 is 1.36 bits per heavy atom. The van der Waals surface area contributed by atoms with Crippen LogP contribution >= 0.6 is 7.60 Å². The average molecular weight is 217 g/mol. The fourth-order valence-corrected chi connectivity index (χ4v) is 1.49. The first kappa shape index (κ1) is 13.2. The lowest BCUT2D eigenvalue weighted by Gasteiger charge is -2.08. The smallest absolute Gasteiger partial charge is 0.373 e. The van der Waals surface area contributed by atoms with Gasteiger partial charge in [0.05, 0.1) is 0 Å². The van der Waals surface area contributed by atoms with Crippen molar-refractivity contribution in [3.8, 4) is 5.75 Å². The number of hydrogen-bond donors (Lipinski definition) is 2. The van der Waals surface area contributed by atoms with Gasteiger partial charge in [-0.25, -0.2) is 4.57 Å². The van der Waals surface area contributed by atoms with Crippen molar-refractivity contribution in [2.75, 3.05) is 6.66 Å². The van der Waals surface area contributed by atoms with E-state index in [1.165, 1.54) is 12.2 Å². The molecule has 0 amide bonds. The molecule has 14 heavy (non-hydrogen) atoms. The van der Waals surface area contributed by atoms with Crippen LogP contribution in [0.25, 0.3) is 0 Å². The normalized spacial score (nSPS) is 13.9. The summed E-state index contributed by atoms with van der Waals surface area (Å²) in [4.78, 5) is 8.93. The predicted molar refractivity (Wildman–Crippen MR) is 57.2 cm³/mol. The SMILES string of the molecule is CCc1ccc(OP(C)(=O)O)cc1.N. The highest BCUT2D eigenvalue weighted by Gasteiger charge is 2.10. The molecule has 0 aliphatic heterocycles. The second kappa shape index (κ2) is 5.15. The van der Waals surface area contributed by atoms with Gasteiger partial charge in [-0.05, 0) is 24.1 Å². The molecule has 0 saturated heterocycles. The summed E-state index contributed by atoms with van der Waals surface area (Å²) in [6, 6.07) is 7.16. The molecule has 4 nitrogen and oxygen atoms in total. The molecule has 0 bridgehead atoms. The monoisotopic (exact) mass is 217 g/mol. The van der Waals surface area contributed by atoms with Crippen LogP contribution in [0, 0.1) is 0 Å². The van der Waals surface area contributed by atoms with Gasteiger partial charge in [-0.1, -0.05) is 19.1 Å². The third-order valence-corrected chi connectivity index (χ3v) is 2.16. The van der Waals surface area contributed by atoms with Gasteiger partial charge in [0.25, 0.3) is 0 Å². The Morgan fingerprint density at radius 2 is 1.86 bits per heavy atom. The van der Waals surface area contributed by atoms with Crippen LogP contribution in [-0.4, -0.2) is 11.6 Å². The van der Waals surface area contributed by atoms with E-state index >= 15 is 0 Å². The van der Waals surface area contributed by atoms with E-state index in [0.717, 1.165) is 6.42 Å². The maximum Gasteiger partial charge on any atom is 0.373 e. The Kier molecular flexibility index (Phi) is 4.85. The lowest BCUT2D eigenvalue weighted by atomic mass is 10.2. The van der Waals surface area contributed by atoms with E-state index in [1.807, 2.05) is 19.1 Å². The first-order valence-corrected chi connectivity index (χ1v) is 6.12. The largest absolute Gasteiger partial charge is 0.425 e. The minimum absolute atomic E-state index is 0. The zero-order chi connectivity index (χ0) is 9.90. The highest BCUT2D eigenvalue weighted by atomic mass is 31.2. The molecule has 1 rings (SSSR count). The lowest BCUT2D eigenvalue weighted by Crippen LogP contribution is -1.89. The van der Waals surface area contributed by atoms with Crippen LogP contribution < -0.4 is 10.7 Å². The van der Waals surface area contributed by atoms with Crippen molar-refractivity contribution in [1.29, 1.82) is 0 Å². The van der Waals surface area contributed by atoms with Crippen molar-refractivity contribution < 1.29 is 14.0 Å². The zero-order valence-corrected chi connectivity index (χ0v) is 9.33. The molecule has 4 N–H and O–H groups in total. The minimum atomic E-state index is -3.41. The maximum absolute atomic E-state index is 10.9. The molecular formula is C9H16NO3P. The van der Waals surface area contributed by atoms with Crippen LogP contribution in [-0.2, 0) is 11.0 Å². The van der Waals surface area contributed by atoms with E-state index in [1.54, 1.807) is 12.1 Å². The van der Waals surface area contributed by atoms with Crippen molar-refractivity contribution in [1.82, 2.24) is 6.15 Å². The van der Waals surface area contributed by atoms with Crippen LogP contribution in [0.2, 0.25) is 0 Å². The summed E-state index contributed by atoms with van der Waals surface area (Å²) in [6.45, 7) is 3.22. The Labute approximate surface area is 84.0 Å². The van der Waals surface area contributed by atoms with Gasteiger partial charge in [-0.2, -0.15) is 0 Å². The van der Waals surface area contributed by atoms with E-state index in [9.17, 15) is 4.57 Å². The molecule has 0 fully saturated rings. The summed E-state index contributed by atoms with van der Waals surface area (Å²) >= 11 is 0. The number of hydrogen-bond acceptors (Lipinski definition) is 3. The molecule has 0 aliphatic rings. The van der Waals surface area contributed by atoms with Crippen molar-refractivity contribution >= 4 is 7.60 Å². The molecule has 80 valence electrons. The standard InChI is InChI=1S/C9H13O3P.H3N/c1-3-8-4-6-9(7-5-8)12-13(2,10)11;/h4-7H,3H2,1-2H3,(H,10,11);1H3. The summed E-state index contributed by atoms with van der Waals surface area (Å²) in [5, 5.41) is 0. The second-order valence-corrected chi connectivity index (χ2v) is 4.68. The Hall–Kier alpha value is -0.830. The van der Waals surface area contributed by atoms with Gasteiger partial charge in [0.1, 0.15) is 5.75 Å². The van der Waals surface area contributed by atoms with Gasteiger partial charge in [0.2, 0.25) is 0 Å². The van der Waals surface area contributed by atoms with Crippen LogP contribution in [0.4, 0.5) is 0 Å². The predicted octanol–water partition coefficient (Wildman–Crippen LogP) is 2.60. The van der Waals surface area contributed by atoms with Crippen LogP contribution in [0.1, 0.15) is 12.5 Å². The summed E-state index contributed by atoms with van der Waals surface area (Å²) in [5.41, 5.74) is 1.18. The second-order valence-electron chi connectivity index (χ2n) is 2.89. The van der Waals surface area contributed by atoms with Gasteiger partial charge < -0.3 is 15.6 Å². The molecule has 1 aromatic carbocycles. The van der Waals surface area contributed by atoms with Crippen LogP contribution in [0.3, 0.4) is 0 Å². The minimum Gasteiger partial charge on any atom is -0.425 e. The van der Waals surface area contributed by atoms with Crippen LogP contribution in [0.15, 0.2) is 24.3 Å². The molecule has 0 saturated carbocycles. The quantitative estimate of drug-likeness (QED) is 0.762. The van der Waals surface area contributed by atoms with E-state index in [2.05, 4.69) is 0 Å². The van der Waals surface area contributed by atoms with Crippen molar-refractivity contribution in [2.24, 2.45) is 0 Å². The maximum atomic E-state index is 10.9. The molecule has 0 spiro atoms. The summed E-state index contributed by atoms with van der Waals surface area (Å²) in [5.74, 6) is 0.436. The molecule has 1 aromatic rings. The number of benzene rings is 1. The summed E-state index contributed by atoms with van der Waals surface area (Å²) in [7, 11) is -3.41. The van der Waals surface area contributed by atoms with E-state index in [4.69, 9.17) is 9.42 Å². The molecular weight excluding hydrogens is 201 g/mol. The van der Waals surface area contributed by atoms with E-state index < -0.39 is 7.60 Å². The zero-order valence-electron chi connectivity index (χ0n) is 8.43. The third kappa shape index (κ3) is 4.42. The lowest BCUT2D eigenvalue weighted by molar-refractivity contribution is 0.387. The molecule has 0 aliphatic carbocycles. The average Bonchev–Trinajstić information content (AvgIpc) is 2.03. The number of aryl methyl sites for hydroxylation is 1. The van der Waals surface area contributed by atoms with Crippen molar-refractivity contribution in [3.63, 3.8) is 0 Å². The van der Waals surface area contributed by atoms with E-state index in [-0.39, 0.29) is 6.15 Å².